The van der Waals surface area contributed by atoms with Crippen molar-refractivity contribution in [2.45, 2.75) is 6.04 Å². The second kappa shape index (κ2) is 5.73. The minimum Gasteiger partial charge on any atom is -0.495 e. The summed E-state index contributed by atoms with van der Waals surface area (Å²) in [5, 5.41) is 0. The molecule has 0 aliphatic carbocycles. The van der Waals surface area contributed by atoms with Crippen molar-refractivity contribution in [1.82, 2.24) is 10.4 Å². The fraction of sp³-hybridized carbons (Fsp3) is 0.154. The van der Waals surface area contributed by atoms with Crippen LogP contribution in [0.3, 0.4) is 0 Å². The van der Waals surface area contributed by atoms with Gasteiger partial charge in [0.15, 0.2) is 0 Å². The number of pyridine rings is 1. The maximum absolute atomic E-state index is 13.8. The Bertz CT molecular complexity index is 557. The van der Waals surface area contributed by atoms with E-state index in [9.17, 15) is 8.78 Å². The molecule has 0 fully saturated rings. The predicted molar refractivity (Wildman–Crippen MR) is 66.3 cm³/mol. The first-order chi connectivity index (χ1) is 9.17. The Hall–Kier alpha value is -2.05. The van der Waals surface area contributed by atoms with Gasteiger partial charge in [0.1, 0.15) is 17.4 Å². The number of ether oxygens (including phenoxy) is 1. The molecule has 1 aromatic carbocycles. The lowest BCUT2D eigenvalue weighted by molar-refractivity contribution is 0.411. The van der Waals surface area contributed by atoms with Gasteiger partial charge in [0.05, 0.1) is 19.3 Å². The summed E-state index contributed by atoms with van der Waals surface area (Å²) in [6.45, 7) is 0. The molecule has 2 rings (SSSR count). The van der Waals surface area contributed by atoms with E-state index in [1.165, 1.54) is 37.7 Å². The number of nitrogens with zero attached hydrogens (tertiary/aromatic N) is 1. The van der Waals surface area contributed by atoms with Crippen molar-refractivity contribution in [3.63, 3.8) is 0 Å². The average molecular weight is 265 g/mol. The first-order valence-corrected chi connectivity index (χ1v) is 5.56. The van der Waals surface area contributed by atoms with Crippen LogP contribution in [0, 0.1) is 11.6 Å². The number of halogens is 2. The van der Waals surface area contributed by atoms with Crippen LogP contribution in [-0.4, -0.2) is 12.1 Å². The molecule has 0 aliphatic rings. The molecule has 19 heavy (non-hydrogen) atoms. The molecule has 0 saturated heterocycles. The lowest BCUT2D eigenvalue weighted by Gasteiger charge is -2.18. The smallest absolute Gasteiger partial charge is 0.137 e. The van der Waals surface area contributed by atoms with Gasteiger partial charge < -0.3 is 4.74 Å². The van der Waals surface area contributed by atoms with E-state index < -0.39 is 17.7 Å². The lowest BCUT2D eigenvalue weighted by atomic mass is 9.99. The summed E-state index contributed by atoms with van der Waals surface area (Å²) in [5.74, 6) is 4.54. The van der Waals surface area contributed by atoms with Crippen LogP contribution >= 0.6 is 0 Å². The number of nitrogens with two attached hydrogens (primary N) is 1. The monoisotopic (exact) mass is 265 g/mol. The molecule has 100 valence electrons. The van der Waals surface area contributed by atoms with E-state index in [2.05, 4.69) is 10.4 Å². The molecule has 0 radical (unpaired) electrons. The molecule has 4 nitrogen and oxygen atoms in total. The number of hydrazine groups is 1. The number of nitrogens with one attached hydrogen (secondary N) is 1. The number of rotatable bonds is 4. The van der Waals surface area contributed by atoms with E-state index >= 15 is 0 Å². The van der Waals surface area contributed by atoms with Crippen LogP contribution in [-0.2, 0) is 0 Å². The summed E-state index contributed by atoms with van der Waals surface area (Å²) in [5.41, 5.74) is 2.74. The molecule has 2 aromatic rings. The highest BCUT2D eigenvalue weighted by atomic mass is 19.1. The average Bonchev–Trinajstić information content (AvgIpc) is 2.43. The van der Waals surface area contributed by atoms with Crippen LogP contribution in [0.15, 0.2) is 36.7 Å². The first-order valence-electron chi connectivity index (χ1n) is 5.56. The number of hydrogen-bond acceptors (Lipinski definition) is 4. The highest BCUT2D eigenvalue weighted by Crippen LogP contribution is 2.27. The summed E-state index contributed by atoms with van der Waals surface area (Å²) in [7, 11) is 1.48. The second-order valence-electron chi connectivity index (χ2n) is 3.89. The molecule has 3 N–H and O–H groups in total. The third-order valence-corrected chi connectivity index (χ3v) is 2.76. The maximum Gasteiger partial charge on any atom is 0.137 e. The molecule has 1 atom stereocenters. The van der Waals surface area contributed by atoms with Gasteiger partial charge in [-0.15, -0.1) is 0 Å². The molecular weight excluding hydrogens is 252 g/mol. The molecule has 1 heterocycles. The van der Waals surface area contributed by atoms with Gasteiger partial charge in [-0.1, -0.05) is 6.07 Å². The third kappa shape index (κ3) is 2.69. The van der Waals surface area contributed by atoms with Crippen molar-refractivity contribution in [1.29, 1.82) is 0 Å². The molecule has 6 heteroatoms. The van der Waals surface area contributed by atoms with Crippen LogP contribution in [0.1, 0.15) is 17.2 Å². The minimum atomic E-state index is -0.844. The molecule has 1 aromatic heterocycles. The summed E-state index contributed by atoms with van der Waals surface area (Å²) < 4.78 is 32.6. The second-order valence-corrected chi connectivity index (χ2v) is 3.89. The summed E-state index contributed by atoms with van der Waals surface area (Å²) in [6.07, 6.45) is 2.97. The fourth-order valence-electron chi connectivity index (χ4n) is 1.84. The van der Waals surface area contributed by atoms with Gasteiger partial charge >= 0.3 is 0 Å². The molecule has 0 saturated carbocycles. The molecule has 0 amide bonds. The van der Waals surface area contributed by atoms with E-state index in [4.69, 9.17) is 10.6 Å². The quantitative estimate of drug-likeness (QED) is 0.655. The van der Waals surface area contributed by atoms with Crippen LogP contribution in [0.5, 0.6) is 5.75 Å². The van der Waals surface area contributed by atoms with E-state index in [1.54, 1.807) is 6.07 Å². The van der Waals surface area contributed by atoms with Crippen molar-refractivity contribution < 1.29 is 13.5 Å². The number of hydrogen-bond donors (Lipinski definition) is 2. The zero-order chi connectivity index (χ0) is 13.8. The molecule has 0 bridgehead atoms. The van der Waals surface area contributed by atoms with Crippen LogP contribution in [0.25, 0.3) is 0 Å². The largest absolute Gasteiger partial charge is 0.495 e. The van der Waals surface area contributed by atoms with Crippen molar-refractivity contribution in [3.8, 4) is 5.75 Å². The SMILES string of the molecule is COc1cncc(C(NN)c2c(F)cccc2F)c1. The normalized spacial score (nSPS) is 12.2. The van der Waals surface area contributed by atoms with Gasteiger partial charge in [0, 0.05) is 11.8 Å². The zero-order valence-corrected chi connectivity index (χ0v) is 10.2. The predicted octanol–water partition coefficient (Wildman–Crippen LogP) is 1.92. The van der Waals surface area contributed by atoms with E-state index in [1.807, 2.05) is 0 Å². The standard InChI is InChI=1S/C13H13F2N3O/c1-19-9-5-8(6-17-7-9)13(18-16)12-10(14)3-2-4-11(12)15/h2-7,13,18H,16H2,1H3. The summed E-state index contributed by atoms with van der Waals surface area (Å²) in [6, 6.07) is 4.42. The third-order valence-electron chi connectivity index (χ3n) is 2.76. The molecule has 1 unspecified atom stereocenters. The van der Waals surface area contributed by atoms with E-state index in [-0.39, 0.29) is 5.56 Å². The van der Waals surface area contributed by atoms with Gasteiger partial charge in [-0.05, 0) is 23.8 Å². The maximum atomic E-state index is 13.8. The van der Waals surface area contributed by atoms with Gasteiger partial charge in [0.2, 0.25) is 0 Å². The first kappa shape index (κ1) is 13.4. The summed E-state index contributed by atoms with van der Waals surface area (Å²) in [4.78, 5) is 3.94. The van der Waals surface area contributed by atoms with Crippen molar-refractivity contribution in [2.24, 2.45) is 5.84 Å². The van der Waals surface area contributed by atoms with Gasteiger partial charge in [-0.25, -0.2) is 14.2 Å². The van der Waals surface area contributed by atoms with Gasteiger partial charge in [0.25, 0.3) is 0 Å². The highest BCUT2D eigenvalue weighted by molar-refractivity contribution is 5.35. The molecule has 0 aliphatic heterocycles. The Balaban J connectivity index is 2.50. The molecule has 0 spiro atoms. The number of benzene rings is 1. The molecular formula is C13H13F2N3O. The Morgan fingerprint density at radius 3 is 2.53 bits per heavy atom. The highest BCUT2D eigenvalue weighted by Gasteiger charge is 2.21. The summed E-state index contributed by atoms with van der Waals surface area (Å²) >= 11 is 0. The van der Waals surface area contributed by atoms with Crippen molar-refractivity contribution in [2.75, 3.05) is 7.11 Å². The lowest BCUT2D eigenvalue weighted by Crippen LogP contribution is -2.30. The van der Waals surface area contributed by atoms with E-state index in [0.29, 0.717) is 11.3 Å². The van der Waals surface area contributed by atoms with E-state index in [0.717, 1.165) is 0 Å². The van der Waals surface area contributed by atoms with Crippen LogP contribution in [0.4, 0.5) is 8.78 Å². The fourth-order valence-corrected chi connectivity index (χ4v) is 1.84. The minimum absolute atomic E-state index is 0.153. The van der Waals surface area contributed by atoms with Crippen molar-refractivity contribution in [3.05, 3.63) is 59.4 Å². The Morgan fingerprint density at radius 1 is 1.26 bits per heavy atom. The van der Waals surface area contributed by atoms with Crippen LogP contribution in [0.2, 0.25) is 0 Å². The number of methoxy groups -OCH3 is 1. The topological polar surface area (TPSA) is 60.2 Å². The van der Waals surface area contributed by atoms with Gasteiger partial charge in [-0.3, -0.25) is 10.8 Å². The Labute approximate surface area is 109 Å². The Morgan fingerprint density at radius 2 is 1.95 bits per heavy atom. The number of aromatic nitrogens is 1. The van der Waals surface area contributed by atoms with Crippen LogP contribution < -0.4 is 16.0 Å². The Kier molecular flexibility index (Phi) is 4.03. The van der Waals surface area contributed by atoms with Crippen molar-refractivity contribution >= 4 is 0 Å². The van der Waals surface area contributed by atoms with Gasteiger partial charge in [-0.2, -0.15) is 0 Å². The zero-order valence-electron chi connectivity index (χ0n) is 10.2.